The summed E-state index contributed by atoms with van der Waals surface area (Å²) < 4.78 is 10.4. The van der Waals surface area contributed by atoms with Crippen molar-refractivity contribution < 1.29 is 8.85 Å². The van der Waals surface area contributed by atoms with Gasteiger partial charge in [-0.3, -0.25) is 0 Å². The normalized spacial score (nSPS) is 18.0. The van der Waals surface area contributed by atoms with Gasteiger partial charge in [0.1, 0.15) is 0 Å². The summed E-state index contributed by atoms with van der Waals surface area (Å²) in [6, 6.07) is -1.71. The predicted octanol–water partition coefficient (Wildman–Crippen LogP) is 1.67. The molecule has 1 unspecified atom stereocenters. The highest BCUT2D eigenvalue weighted by Gasteiger charge is 2.24. The number of hydrogen-bond acceptors (Lipinski definition) is 2. The van der Waals surface area contributed by atoms with Crippen molar-refractivity contribution in [3.63, 3.8) is 0 Å². The molecule has 50 valence electrons. The van der Waals surface area contributed by atoms with E-state index in [4.69, 9.17) is 8.85 Å². The van der Waals surface area contributed by atoms with Crippen LogP contribution in [0.2, 0.25) is 6.55 Å². The van der Waals surface area contributed by atoms with Crippen molar-refractivity contribution in [2.45, 2.75) is 13.5 Å². The van der Waals surface area contributed by atoms with E-state index in [2.05, 4.69) is 21.8 Å². The molecule has 0 saturated carbocycles. The summed E-state index contributed by atoms with van der Waals surface area (Å²) in [6.07, 6.45) is 0. The Hall–Kier alpha value is 0.867. The Morgan fingerprint density at radius 3 is 2.25 bits per heavy atom. The molecule has 0 radical (unpaired) electrons. The quantitative estimate of drug-likeness (QED) is 0.428. The Balaban J connectivity index is 3.37. The van der Waals surface area contributed by atoms with Crippen molar-refractivity contribution in [1.29, 1.82) is 0 Å². The molecule has 4 heteroatoms. The van der Waals surface area contributed by atoms with Crippen LogP contribution in [0.1, 0.15) is 6.92 Å². The topological polar surface area (TPSA) is 18.5 Å². The van der Waals surface area contributed by atoms with Crippen molar-refractivity contribution in [1.82, 2.24) is 0 Å². The monoisotopic (exact) mass is 246 g/mol. The van der Waals surface area contributed by atoms with Crippen molar-refractivity contribution in [2.24, 2.45) is 0 Å². The van der Waals surface area contributed by atoms with E-state index in [-0.39, 0.29) is 0 Å². The lowest BCUT2D eigenvalue weighted by atomic mass is 10.9. The Morgan fingerprint density at radius 1 is 1.62 bits per heavy atom. The smallest absolute Gasteiger partial charge is 0.391 e. The molecule has 0 aromatic carbocycles. The van der Waals surface area contributed by atoms with Gasteiger partial charge in [0.15, 0.2) is 0 Å². The Morgan fingerprint density at radius 2 is 2.12 bits per heavy atom. The Bertz CT molecular complexity index is 67.1. The van der Waals surface area contributed by atoms with Gasteiger partial charge in [0.25, 0.3) is 0 Å². The minimum absolute atomic E-state index is 0.750. The van der Waals surface area contributed by atoms with Gasteiger partial charge in [0.2, 0.25) is 0 Å². The van der Waals surface area contributed by atoms with E-state index >= 15 is 0 Å². The van der Waals surface area contributed by atoms with Crippen molar-refractivity contribution in [2.75, 3.05) is 13.7 Å². The summed E-state index contributed by atoms with van der Waals surface area (Å²) in [5, 5.41) is 0. The largest absolute Gasteiger partial charge is 0.404 e. The van der Waals surface area contributed by atoms with Crippen LogP contribution in [-0.4, -0.2) is 19.8 Å². The summed E-state index contributed by atoms with van der Waals surface area (Å²) >= 11 is 2.23. The third-order valence-corrected chi connectivity index (χ3v) is 4.56. The highest BCUT2D eigenvalue weighted by molar-refractivity contribution is 14.1. The van der Waals surface area contributed by atoms with Crippen LogP contribution in [0.4, 0.5) is 0 Å². The van der Waals surface area contributed by atoms with Gasteiger partial charge >= 0.3 is 6.06 Å². The Labute approximate surface area is 64.0 Å². The van der Waals surface area contributed by atoms with Gasteiger partial charge in [-0.15, -0.1) is 0 Å². The van der Waals surface area contributed by atoms with Gasteiger partial charge in [0.05, 0.1) is 0 Å². The fourth-order valence-electron chi connectivity index (χ4n) is 0.317. The first-order valence-corrected chi connectivity index (χ1v) is 7.93. The first-order chi connectivity index (χ1) is 3.62. The molecule has 0 heterocycles. The van der Waals surface area contributed by atoms with Crippen LogP contribution in [0.15, 0.2) is 0 Å². The van der Waals surface area contributed by atoms with Crippen LogP contribution >= 0.6 is 21.8 Å². The van der Waals surface area contributed by atoms with Crippen LogP contribution in [0.5, 0.6) is 0 Å². The third-order valence-electron chi connectivity index (χ3n) is 0.767. The van der Waals surface area contributed by atoms with Gasteiger partial charge in [-0.05, 0) is 35.3 Å². The van der Waals surface area contributed by atoms with E-state index in [1.165, 1.54) is 0 Å². The molecule has 0 aromatic heterocycles. The number of halogens is 1. The zero-order chi connectivity index (χ0) is 6.62. The van der Waals surface area contributed by atoms with E-state index in [0.29, 0.717) is 0 Å². The molecule has 0 N–H and O–H groups in total. The molecule has 0 aliphatic rings. The first kappa shape index (κ1) is 8.87. The lowest BCUT2D eigenvalue weighted by Crippen LogP contribution is -2.29. The summed E-state index contributed by atoms with van der Waals surface area (Å²) in [5.74, 6) is 0. The predicted molar refractivity (Wildman–Crippen MR) is 44.3 cm³/mol. The summed E-state index contributed by atoms with van der Waals surface area (Å²) in [6.45, 7) is 4.74. The fraction of sp³-hybridized carbons (Fsp3) is 1.00. The molecule has 0 bridgehead atoms. The summed E-state index contributed by atoms with van der Waals surface area (Å²) in [4.78, 5) is 0. The van der Waals surface area contributed by atoms with E-state index in [9.17, 15) is 0 Å². The molecule has 2 nitrogen and oxygen atoms in total. The lowest BCUT2D eigenvalue weighted by molar-refractivity contribution is 0.243. The first-order valence-electron chi connectivity index (χ1n) is 2.50. The van der Waals surface area contributed by atoms with Crippen molar-refractivity contribution >= 4 is 27.9 Å². The maximum absolute atomic E-state index is 5.28. The lowest BCUT2D eigenvalue weighted by Gasteiger charge is -2.15. The molecule has 0 aliphatic carbocycles. The van der Waals surface area contributed by atoms with Gasteiger partial charge < -0.3 is 8.85 Å². The molecule has 0 rings (SSSR count). The van der Waals surface area contributed by atoms with Gasteiger partial charge in [-0.1, -0.05) is 0 Å². The van der Waals surface area contributed by atoms with Crippen LogP contribution in [0.25, 0.3) is 0 Å². The SMILES string of the molecule is CCO[Si](C)(I)OC. The minimum atomic E-state index is -1.71. The molecule has 0 saturated heterocycles. The van der Waals surface area contributed by atoms with Crippen molar-refractivity contribution in [3.8, 4) is 0 Å². The highest BCUT2D eigenvalue weighted by Crippen LogP contribution is 2.13. The zero-order valence-corrected chi connectivity index (χ0v) is 8.56. The maximum atomic E-state index is 5.28. The molecule has 8 heavy (non-hydrogen) atoms. The van der Waals surface area contributed by atoms with Gasteiger partial charge in [-0.25, -0.2) is 0 Å². The van der Waals surface area contributed by atoms with Crippen molar-refractivity contribution in [3.05, 3.63) is 0 Å². The van der Waals surface area contributed by atoms with Crippen LogP contribution in [0, 0.1) is 0 Å². The molecular formula is C4H11IO2Si. The zero-order valence-electron chi connectivity index (χ0n) is 5.40. The molecular weight excluding hydrogens is 235 g/mol. The second-order valence-corrected chi connectivity index (χ2v) is 9.72. The highest BCUT2D eigenvalue weighted by atomic mass is 127. The van der Waals surface area contributed by atoms with E-state index in [1.807, 2.05) is 13.5 Å². The number of hydrogen-bond donors (Lipinski definition) is 0. The molecule has 0 fully saturated rings. The Kier molecular flexibility index (Phi) is 4.22. The second-order valence-electron chi connectivity index (χ2n) is 1.47. The van der Waals surface area contributed by atoms with E-state index < -0.39 is 6.06 Å². The summed E-state index contributed by atoms with van der Waals surface area (Å²) in [7, 11) is 1.69. The summed E-state index contributed by atoms with van der Waals surface area (Å²) in [5.41, 5.74) is 0. The van der Waals surface area contributed by atoms with Crippen LogP contribution in [0.3, 0.4) is 0 Å². The standard InChI is InChI=1S/C4H11IO2Si/c1-4-7-8(3,5)6-2/h4H2,1-3H3. The minimum Gasteiger partial charge on any atom is -0.391 e. The van der Waals surface area contributed by atoms with Crippen LogP contribution in [-0.2, 0) is 8.85 Å². The molecule has 0 amide bonds. The third kappa shape index (κ3) is 3.82. The maximum Gasteiger partial charge on any atom is 0.404 e. The van der Waals surface area contributed by atoms with E-state index in [0.717, 1.165) is 6.61 Å². The molecule has 0 aromatic rings. The average molecular weight is 246 g/mol. The fourth-order valence-corrected chi connectivity index (χ4v) is 1.88. The molecule has 1 atom stereocenters. The second kappa shape index (κ2) is 3.81. The average Bonchev–Trinajstić information content (AvgIpc) is 1.67. The van der Waals surface area contributed by atoms with E-state index in [1.54, 1.807) is 7.11 Å². The number of rotatable bonds is 3. The molecule has 0 aliphatic heterocycles. The molecule has 0 spiro atoms. The van der Waals surface area contributed by atoms with Gasteiger partial charge in [0, 0.05) is 13.7 Å². The van der Waals surface area contributed by atoms with Gasteiger partial charge in [-0.2, -0.15) is 0 Å². The van der Waals surface area contributed by atoms with Crippen LogP contribution < -0.4 is 0 Å².